The van der Waals surface area contributed by atoms with Crippen molar-refractivity contribution in [2.75, 3.05) is 31.2 Å². The fourth-order valence-corrected chi connectivity index (χ4v) is 5.06. The number of rotatable bonds is 4. The summed E-state index contributed by atoms with van der Waals surface area (Å²) in [5.74, 6) is 0.386. The minimum Gasteiger partial charge on any atom is -0.381 e. The third-order valence-corrected chi connectivity index (χ3v) is 6.74. The third-order valence-electron chi connectivity index (χ3n) is 5.66. The lowest BCUT2D eigenvalue weighted by molar-refractivity contribution is -0.136. The summed E-state index contributed by atoms with van der Waals surface area (Å²) in [4.78, 5) is 18.6. The van der Waals surface area contributed by atoms with Gasteiger partial charge in [-0.1, -0.05) is 17.4 Å². The molecular weight excluding hydrogens is 403 g/mol. The first-order valence-corrected chi connectivity index (χ1v) is 10.8. The van der Waals surface area contributed by atoms with Crippen LogP contribution in [0.1, 0.15) is 37.7 Å². The van der Waals surface area contributed by atoms with Crippen molar-refractivity contribution in [2.24, 2.45) is 5.92 Å². The van der Waals surface area contributed by atoms with Gasteiger partial charge in [0.15, 0.2) is 5.13 Å². The number of hydrogen-bond acceptors (Lipinski definition) is 5. The van der Waals surface area contributed by atoms with Crippen molar-refractivity contribution in [2.45, 2.75) is 44.3 Å². The number of nitrogens with zero attached hydrogens (tertiary/aromatic N) is 2. The number of ether oxygens (including phenoxy) is 1. The van der Waals surface area contributed by atoms with Crippen LogP contribution < -0.4 is 10.2 Å². The summed E-state index contributed by atoms with van der Waals surface area (Å²) < 4.78 is 45.5. The number of nitrogens with one attached hydrogen (secondary N) is 1. The molecule has 1 aromatic carbocycles. The molecule has 0 saturated carbocycles. The average molecular weight is 427 g/mol. The molecule has 4 rings (SSSR count). The molecule has 2 aliphatic rings. The first kappa shape index (κ1) is 20.4. The van der Waals surface area contributed by atoms with E-state index in [1.807, 2.05) is 4.90 Å². The van der Waals surface area contributed by atoms with E-state index in [9.17, 15) is 18.0 Å². The maximum absolute atomic E-state index is 13.2. The van der Waals surface area contributed by atoms with E-state index in [4.69, 9.17) is 4.74 Å². The highest BCUT2D eigenvalue weighted by Gasteiger charge is 2.34. The van der Waals surface area contributed by atoms with Gasteiger partial charge in [0.05, 0.1) is 15.8 Å². The molecule has 0 atom stereocenters. The smallest absolute Gasteiger partial charge is 0.381 e. The Morgan fingerprint density at radius 2 is 1.93 bits per heavy atom. The van der Waals surface area contributed by atoms with Gasteiger partial charge in [-0.2, -0.15) is 13.2 Å². The summed E-state index contributed by atoms with van der Waals surface area (Å²) in [6, 6.07) is 4.40. The fourth-order valence-electron chi connectivity index (χ4n) is 4.02. The number of halogens is 3. The molecule has 0 bridgehead atoms. The van der Waals surface area contributed by atoms with Crippen molar-refractivity contribution in [3.8, 4) is 0 Å². The van der Waals surface area contributed by atoms with Crippen molar-refractivity contribution in [3.05, 3.63) is 23.8 Å². The molecule has 1 N–H and O–H groups in total. The molecule has 9 heteroatoms. The SMILES string of the molecule is O=C(CC1CCN(c2nc3c(C(F)(F)F)cccc3s2)CC1)NC1CCOCC1. The number of fused-ring (bicyclic) bond motifs is 1. The summed E-state index contributed by atoms with van der Waals surface area (Å²) in [5.41, 5.74) is -0.657. The Kier molecular flexibility index (Phi) is 5.96. The number of benzene rings is 1. The monoisotopic (exact) mass is 427 g/mol. The first-order chi connectivity index (χ1) is 13.9. The van der Waals surface area contributed by atoms with E-state index in [1.54, 1.807) is 6.07 Å². The van der Waals surface area contributed by atoms with Gasteiger partial charge in [-0.3, -0.25) is 4.79 Å². The van der Waals surface area contributed by atoms with E-state index in [0.717, 1.165) is 31.7 Å². The van der Waals surface area contributed by atoms with Gasteiger partial charge in [-0.15, -0.1) is 0 Å². The van der Waals surface area contributed by atoms with Crippen LogP contribution in [-0.4, -0.2) is 43.2 Å². The van der Waals surface area contributed by atoms with Gasteiger partial charge < -0.3 is 15.0 Å². The van der Waals surface area contributed by atoms with Crippen molar-refractivity contribution in [1.29, 1.82) is 0 Å². The molecular formula is C20H24F3N3O2S. The summed E-state index contributed by atoms with van der Waals surface area (Å²) in [5, 5.41) is 3.72. The van der Waals surface area contributed by atoms with Crippen LogP contribution in [-0.2, 0) is 15.7 Å². The molecule has 1 amide bonds. The Morgan fingerprint density at radius 3 is 2.62 bits per heavy atom. The second-order valence-electron chi connectivity index (χ2n) is 7.74. The van der Waals surface area contributed by atoms with E-state index in [1.165, 1.54) is 17.4 Å². The molecule has 0 radical (unpaired) electrons. The van der Waals surface area contributed by atoms with Crippen LogP contribution in [0.2, 0.25) is 0 Å². The predicted octanol–water partition coefficient (Wildman–Crippen LogP) is 4.22. The van der Waals surface area contributed by atoms with Crippen LogP contribution in [0.15, 0.2) is 18.2 Å². The van der Waals surface area contributed by atoms with Gasteiger partial charge in [0, 0.05) is 38.8 Å². The summed E-state index contributed by atoms with van der Waals surface area (Å²) >= 11 is 1.30. The van der Waals surface area contributed by atoms with Crippen LogP contribution in [0.3, 0.4) is 0 Å². The number of para-hydroxylation sites is 1. The second kappa shape index (κ2) is 8.47. The number of carbonyl (C=O) groups is 1. The molecule has 0 aliphatic carbocycles. The van der Waals surface area contributed by atoms with Gasteiger partial charge in [0.25, 0.3) is 0 Å². The number of anilines is 1. The van der Waals surface area contributed by atoms with Crippen LogP contribution >= 0.6 is 11.3 Å². The summed E-state index contributed by atoms with van der Waals surface area (Å²) in [6.07, 6.45) is -0.505. The molecule has 5 nitrogen and oxygen atoms in total. The number of hydrogen-bond donors (Lipinski definition) is 1. The predicted molar refractivity (Wildman–Crippen MR) is 106 cm³/mol. The minimum absolute atomic E-state index is 0.0259. The molecule has 2 aliphatic heterocycles. The molecule has 2 saturated heterocycles. The number of carbonyl (C=O) groups excluding carboxylic acids is 1. The lowest BCUT2D eigenvalue weighted by Gasteiger charge is -2.32. The quantitative estimate of drug-likeness (QED) is 0.794. The van der Waals surface area contributed by atoms with Crippen LogP contribution in [0.4, 0.5) is 18.3 Å². The van der Waals surface area contributed by atoms with E-state index in [0.29, 0.717) is 48.5 Å². The Morgan fingerprint density at radius 1 is 1.21 bits per heavy atom. The van der Waals surface area contributed by atoms with Crippen molar-refractivity contribution >= 4 is 32.6 Å². The van der Waals surface area contributed by atoms with E-state index in [2.05, 4.69) is 10.3 Å². The van der Waals surface area contributed by atoms with Gasteiger partial charge in [0.1, 0.15) is 0 Å². The van der Waals surface area contributed by atoms with E-state index < -0.39 is 11.7 Å². The molecule has 2 aromatic rings. The van der Waals surface area contributed by atoms with Crippen LogP contribution in [0.25, 0.3) is 10.2 Å². The zero-order valence-electron chi connectivity index (χ0n) is 16.0. The lowest BCUT2D eigenvalue weighted by atomic mass is 9.93. The average Bonchev–Trinajstić information content (AvgIpc) is 3.12. The Balaban J connectivity index is 1.34. The number of alkyl halides is 3. The van der Waals surface area contributed by atoms with Crippen molar-refractivity contribution < 1.29 is 22.7 Å². The zero-order chi connectivity index (χ0) is 20.4. The van der Waals surface area contributed by atoms with Gasteiger partial charge >= 0.3 is 6.18 Å². The number of thiazole rings is 1. The minimum atomic E-state index is -4.41. The second-order valence-corrected chi connectivity index (χ2v) is 8.74. The van der Waals surface area contributed by atoms with Crippen LogP contribution in [0, 0.1) is 5.92 Å². The van der Waals surface area contributed by atoms with E-state index >= 15 is 0 Å². The third kappa shape index (κ3) is 4.83. The highest BCUT2D eigenvalue weighted by Crippen LogP contribution is 2.39. The van der Waals surface area contributed by atoms with Gasteiger partial charge in [-0.25, -0.2) is 4.98 Å². The van der Waals surface area contributed by atoms with Crippen LogP contribution in [0.5, 0.6) is 0 Å². The number of piperidine rings is 1. The first-order valence-electron chi connectivity index (χ1n) is 9.99. The molecule has 2 fully saturated rings. The Labute approximate surface area is 171 Å². The topological polar surface area (TPSA) is 54.5 Å². The fraction of sp³-hybridized carbons (Fsp3) is 0.600. The maximum Gasteiger partial charge on any atom is 0.418 e. The highest BCUT2D eigenvalue weighted by molar-refractivity contribution is 7.22. The summed E-state index contributed by atoms with van der Waals surface area (Å²) in [7, 11) is 0. The molecule has 1 aromatic heterocycles. The van der Waals surface area contributed by atoms with Gasteiger partial charge in [-0.05, 0) is 43.7 Å². The maximum atomic E-state index is 13.2. The largest absolute Gasteiger partial charge is 0.418 e. The summed E-state index contributed by atoms with van der Waals surface area (Å²) in [6.45, 7) is 2.80. The van der Waals surface area contributed by atoms with Crippen molar-refractivity contribution in [1.82, 2.24) is 10.3 Å². The molecule has 0 unspecified atom stereocenters. The zero-order valence-corrected chi connectivity index (χ0v) is 16.8. The van der Waals surface area contributed by atoms with E-state index in [-0.39, 0.29) is 17.5 Å². The number of amides is 1. The Bertz CT molecular complexity index is 856. The highest BCUT2D eigenvalue weighted by atomic mass is 32.1. The molecule has 0 spiro atoms. The molecule has 29 heavy (non-hydrogen) atoms. The standard InChI is InChI=1S/C20H24F3N3O2S/c21-20(22,23)15-2-1-3-16-18(15)25-19(29-16)26-8-4-13(5-9-26)12-17(27)24-14-6-10-28-11-7-14/h1-3,13-14H,4-12H2,(H,24,27). The molecule has 158 valence electrons. The normalized spacial score (nSPS) is 19.6. The Hall–Kier alpha value is -1.87. The van der Waals surface area contributed by atoms with Crippen molar-refractivity contribution in [3.63, 3.8) is 0 Å². The molecule has 3 heterocycles. The lowest BCUT2D eigenvalue weighted by Crippen LogP contribution is -2.41. The number of aromatic nitrogens is 1. The van der Waals surface area contributed by atoms with Gasteiger partial charge in [0.2, 0.25) is 5.91 Å².